The summed E-state index contributed by atoms with van der Waals surface area (Å²) < 4.78 is 7.10. The van der Waals surface area contributed by atoms with Gasteiger partial charge in [0.25, 0.3) is 0 Å². The van der Waals surface area contributed by atoms with Gasteiger partial charge in [-0.1, -0.05) is 31.5 Å². The lowest BCUT2D eigenvalue weighted by Crippen LogP contribution is -2.38. The SMILES string of the molecule is COC(=O)c1ccc(-n2c(C)cc([C@@H]3[C@@H](c4ccccn4)NC(=S)N3c3ccc(N4C[C@H](C)C[C@H](C)C4)c(Cl)c3)c2C)cc1. The number of anilines is 2. The first-order chi connectivity index (χ1) is 21.2. The monoisotopic (exact) mass is 627 g/mol. The summed E-state index contributed by atoms with van der Waals surface area (Å²) in [7, 11) is 1.39. The number of rotatable bonds is 6. The molecule has 228 valence electrons. The highest BCUT2D eigenvalue weighted by atomic mass is 35.5. The van der Waals surface area contributed by atoms with Crippen LogP contribution in [0.25, 0.3) is 5.69 Å². The number of benzene rings is 2. The fourth-order valence-corrected chi connectivity index (χ4v) is 7.70. The molecule has 9 heteroatoms. The van der Waals surface area contributed by atoms with Crippen molar-refractivity contribution in [1.82, 2.24) is 14.9 Å². The number of carbonyl (C=O) groups excluding carboxylic acids is 1. The van der Waals surface area contributed by atoms with Gasteiger partial charge < -0.3 is 24.4 Å². The number of aryl methyl sites for hydroxylation is 1. The number of carbonyl (C=O) groups is 1. The van der Waals surface area contributed by atoms with Crippen LogP contribution in [0.5, 0.6) is 0 Å². The molecule has 4 heterocycles. The van der Waals surface area contributed by atoms with Gasteiger partial charge in [0.2, 0.25) is 0 Å². The normalized spacial score (nSPS) is 21.8. The predicted octanol–water partition coefficient (Wildman–Crippen LogP) is 7.59. The molecule has 1 N–H and O–H groups in total. The molecule has 0 amide bonds. The highest BCUT2D eigenvalue weighted by Gasteiger charge is 2.42. The number of esters is 1. The van der Waals surface area contributed by atoms with Crippen molar-refractivity contribution < 1.29 is 9.53 Å². The Balaban J connectivity index is 1.42. The molecule has 0 saturated carbocycles. The van der Waals surface area contributed by atoms with Crippen molar-refractivity contribution in [3.05, 3.63) is 106 Å². The summed E-state index contributed by atoms with van der Waals surface area (Å²) >= 11 is 13.1. The molecule has 2 saturated heterocycles. The molecule has 0 bridgehead atoms. The Hall–Kier alpha value is -3.88. The maximum Gasteiger partial charge on any atom is 0.337 e. The zero-order chi connectivity index (χ0) is 31.1. The lowest BCUT2D eigenvalue weighted by molar-refractivity contribution is 0.0600. The summed E-state index contributed by atoms with van der Waals surface area (Å²) in [6.45, 7) is 10.9. The fraction of sp³-hybridized carbons (Fsp3) is 0.343. The maximum absolute atomic E-state index is 12.0. The van der Waals surface area contributed by atoms with E-state index in [4.69, 9.17) is 33.5 Å². The van der Waals surface area contributed by atoms with E-state index in [9.17, 15) is 4.79 Å². The standard InChI is InChI=1S/C35H38ClN5O2S/c1-21-16-22(2)20-39(19-21)31-14-13-27(18-29(31)36)41-33(32(38-35(41)44)30-8-6-7-15-37-30)28-17-23(3)40(24(28)4)26-11-9-25(10-12-26)34(42)43-5/h6-15,17-18,21-22,32-33H,16,19-20H2,1-5H3,(H,38,44)/t21-,22+,32-,33-/m1/s1. The van der Waals surface area contributed by atoms with E-state index in [1.165, 1.54) is 13.5 Å². The van der Waals surface area contributed by atoms with Crippen LogP contribution in [0.2, 0.25) is 5.02 Å². The number of nitrogens with one attached hydrogen (secondary N) is 1. The second-order valence-corrected chi connectivity index (χ2v) is 13.0. The highest BCUT2D eigenvalue weighted by molar-refractivity contribution is 7.80. The second kappa shape index (κ2) is 12.3. The molecule has 0 radical (unpaired) electrons. The molecule has 2 aliphatic rings. The molecule has 2 aliphatic heterocycles. The maximum atomic E-state index is 12.0. The number of piperidine rings is 1. The molecule has 2 aromatic carbocycles. The number of hydrogen-bond acceptors (Lipinski definition) is 5. The van der Waals surface area contributed by atoms with Crippen molar-refractivity contribution in [2.75, 3.05) is 30.0 Å². The quantitative estimate of drug-likeness (QED) is 0.175. The Kier molecular flexibility index (Phi) is 8.40. The molecule has 0 aliphatic carbocycles. The summed E-state index contributed by atoms with van der Waals surface area (Å²) in [6.07, 6.45) is 3.06. The number of hydrogen-bond donors (Lipinski definition) is 1. The van der Waals surface area contributed by atoms with Gasteiger partial charge in [-0.3, -0.25) is 4.98 Å². The van der Waals surface area contributed by atoms with Crippen molar-refractivity contribution in [3.63, 3.8) is 0 Å². The minimum Gasteiger partial charge on any atom is -0.465 e. The molecule has 44 heavy (non-hydrogen) atoms. The van der Waals surface area contributed by atoms with E-state index in [2.05, 4.69) is 65.6 Å². The third-order valence-electron chi connectivity index (χ3n) is 8.85. The Labute approximate surface area is 269 Å². The molecule has 0 spiro atoms. The minimum absolute atomic E-state index is 0.177. The number of methoxy groups -OCH3 is 1. The molecule has 2 fully saturated rings. The van der Waals surface area contributed by atoms with E-state index in [0.717, 1.165) is 57.8 Å². The number of halogens is 1. The number of pyridine rings is 1. The molecular weight excluding hydrogens is 590 g/mol. The van der Waals surface area contributed by atoms with Gasteiger partial charge in [0.15, 0.2) is 5.11 Å². The summed E-state index contributed by atoms with van der Waals surface area (Å²) in [5.41, 5.74) is 7.67. The first-order valence-electron chi connectivity index (χ1n) is 15.1. The molecule has 6 rings (SSSR count). The van der Waals surface area contributed by atoms with Crippen LogP contribution >= 0.6 is 23.8 Å². The van der Waals surface area contributed by atoms with Gasteiger partial charge in [-0.25, -0.2) is 4.79 Å². The largest absolute Gasteiger partial charge is 0.465 e. The van der Waals surface area contributed by atoms with Gasteiger partial charge >= 0.3 is 5.97 Å². The third kappa shape index (κ3) is 5.57. The average Bonchev–Trinajstić information content (AvgIpc) is 3.51. The summed E-state index contributed by atoms with van der Waals surface area (Å²) in [4.78, 5) is 21.4. The zero-order valence-electron chi connectivity index (χ0n) is 25.8. The molecule has 7 nitrogen and oxygen atoms in total. The first kappa shape index (κ1) is 30.2. The average molecular weight is 628 g/mol. The number of ether oxygens (including phenoxy) is 1. The van der Waals surface area contributed by atoms with E-state index in [0.29, 0.717) is 22.5 Å². The highest BCUT2D eigenvalue weighted by Crippen LogP contribution is 2.45. The Bertz CT molecular complexity index is 1680. The van der Waals surface area contributed by atoms with E-state index < -0.39 is 0 Å². The van der Waals surface area contributed by atoms with Crippen LogP contribution in [0.4, 0.5) is 11.4 Å². The van der Waals surface area contributed by atoms with Gasteiger partial charge in [0.05, 0.1) is 41.2 Å². The number of nitrogens with zero attached hydrogens (tertiary/aromatic N) is 4. The van der Waals surface area contributed by atoms with Crippen LogP contribution < -0.4 is 15.1 Å². The summed E-state index contributed by atoms with van der Waals surface area (Å²) in [5, 5.41) is 4.93. The zero-order valence-corrected chi connectivity index (χ0v) is 27.3. The number of aromatic nitrogens is 2. The molecule has 4 aromatic rings. The van der Waals surface area contributed by atoms with Crippen LogP contribution in [0.15, 0.2) is 72.9 Å². The lowest BCUT2D eigenvalue weighted by Gasteiger charge is -2.37. The van der Waals surface area contributed by atoms with Gasteiger partial charge in [-0.2, -0.15) is 0 Å². The fourth-order valence-electron chi connectivity index (χ4n) is 7.06. The topological polar surface area (TPSA) is 62.6 Å². The Morgan fingerprint density at radius 2 is 1.70 bits per heavy atom. The summed E-state index contributed by atoms with van der Waals surface area (Å²) in [5.74, 6) is 0.895. The van der Waals surface area contributed by atoms with Crippen molar-refractivity contribution in [1.29, 1.82) is 0 Å². The van der Waals surface area contributed by atoms with Crippen LogP contribution in [-0.4, -0.2) is 40.8 Å². The van der Waals surface area contributed by atoms with E-state index >= 15 is 0 Å². The van der Waals surface area contributed by atoms with Crippen LogP contribution in [0.3, 0.4) is 0 Å². The van der Waals surface area contributed by atoms with E-state index in [1.54, 1.807) is 12.1 Å². The molecule has 2 aromatic heterocycles. The van der Waals surface area contributed by atoms with Gasteiger partial charge in [0, 0.05) is 42.0 Å². The number of thiocarbonyl (C=S) groups is 1. The second-order valence-electron chi connectivity index (χ2n) is 12.2. The third-order valence-corrected chi connectivity index (χ3v) is 9.47. The molecular formula is C35H38ClN5O2S. The van der Waals surface area contributed by atoms with Crippen LogP contribution in [-0.2, 0) is 4.74 Å². The van der Waals surface area contributed by atoms with Gasteiger partial charge in [-0.05, 0) is 111 Å². The van der Waals surface area contributed by atoms with Crippen LogP contribution in [0.1, 0.15) is 65.4 Å². The molecule has 4 atom stereocenters. The van der Waals surface area contributed by atoms with Crippen LogP contribution in [0, 0.1) is 25.7 Å². The first-order valence-corrected chi connectivity index (χ1v) is 15.9. The van der Waals surface area contributed by atoms with Crippen molar-refractivity contribution in [3.8, 4) is 5.69 Å². The molecule has 0 unspecified atom stereocenters. The van der Waals surface area contributed by atoms with Gasteiger partial charge in [0.1, 0.15) is 0 Å². The summed E-state index contributed by atoms with van der Waals surface area (Å²) in [6, 6.07) is 21.6. The lowest BCUT2D eigenvalue weighted by atomic mass is 9.91. The van der Waals surface area contributed by atoms with E-state index in [1.807, 2.05) is 42.6 Å². The van der Waals surface area contributed by atoms with Gasteiger partial charge in [-0.15, -0.1) is 0 Å². The van der Waals surface area contributed by atoms with E-state index in [-0.39, 0.29) is 18.1 Å². The smallest absolute Gasteiger partial charge is 0.337 e. The van der Waals surface area contributed by atoms with Crippen molar-refractivity contribution in [2.45, 2.75) is 46.2 Å². The van der Waals surface area contributed by atoms with Crippen molar-refractivity contribution >= 4 is 46.3 Å². The minimum atomic E-state index is -0.355. The Morgan fingerprint density at radius 1 is 1.00 bits per heavy atom. The Morgan fingerprint density at radius 3 is 2.34 bits per heavy atom. The van der Waals surface area contributed by atoms with Crippen molar-refractivity contribution in [2.24, 2.45) is 11.8 Å². The predicted molar refractivity (Wildman–Crippen MR) is 181 cm³/mol.